The Labute approximate surface area is 406 Å². The van der Waals surface area contributed by atoms with Gasteiger partial charge in [-0.3, -0.25) is 0 Å². The van der Waals surface area contributed by atoms with Gasteiger partial charge in [0.25, 0.3) is 0 Å². The van der Waals surface area contributed by atoms with E-state index in [1.54, 1.807) is 0 Å². The first-order valence-corrected chi connectivity index (χ1v) is 24.8. The fraction of sp³-hybridized carbons (Fsp3) is 0.938. The van der Waals surface area contributed by atoms with Crippen LogP contribution in [-0.2, 0) is 33.2 Å². The van der Waals surface area contributed by atoms with Crippen LogP contribution in [0.1, 0.15) is 86.5 Å². The molecule has 5 aliphatic carbocycles. The third kappa shape index (κ3) is 8.00. The number of fused-ring (bicyclic) bond motifs is 7. The van der Waals surface area contributed by atoms with Crippen LogP contribution < -0.4 is 0 Å². The van der Waals surface area contributed by atoms with Crippen molar-refractivity contribution in [1.82, 2.24) is 0 Å². The molecule has 8 aliphatic rings. The van der Waals surface area contributed by atoms with Gasteiger partial charge in [0.15, 0.2) is 25.0 Å². The first-order valence-electron chi connectivity index (χ1n) is 24.8. The van der Waals surface area contributed by atoms with Crippen molar-refractivity contribution in [3.05, 3.63) is 11.6 Å². The number of aliphatic hydroxyl groups excluding tert-OH is 14. The largest absolute Gasteiger partial charge is 0.479 e. The van der Waals surface area contributed by atoms with Crippen molar-refractivity contribution in [3.63, 3.8) is 0 Å². The molecule has 0 aromatic rings. The summed E-state index contributed by atoms with van der Waals surface area (Å²) in [5.74, 6) is -2.40. The Kier molecular flexibility index (Phi) is 15.0. The van der Waals surface area contributed by atoms with Crippen LogP contribution in [0, 0.1) is 50.2 Å². The number of aliphatic hydroxyl groups is 14. The predicted molar refractivity (Wildman–Crippen MR) is 236 cm³/mol. The highest BCUT2D eigenvalue weighted by atomic mass is 16.8. The second kappa shape index (κ2) is 19.2. The van der Waals surface area contributed by atoms with E-state index in [1.807, 2.05) is 20.8 Å². The van der Waals surface area contributed by atoms with Crippen molar-refractivity contribution >= 4 is 5.97 Å². The third-order valence-corrected chi connectivity index (χ3v) is 19.8. The number of carboxylic acid groups (broad SMARTS) is 1. The van der Waals surface area contributed by atoms with Crippen molar-refractivity contribution < 1.29 is 110 Å². The van der Waals surface area contributed by atoms with Crippen molar-refractivity contribution in [1.29, 1.82) is 0 Å². The van der Waals surface area contributed by atoms with Crippen LogP contribution in [0.15, 0.2) is 11.6 Å². The lowest BCUT2D eigenvalue weighted by molar-refractivity contribution is -0.392. The summed E-state index contributed by atoms with van der Waals surface area (Å²) in [6, 6.07) is 0. The summed E-state index contributed by atoms with van der Waals surface area (Å²) in [5.41, 5.74) is -3.63. The van der Waals surface area contributed by atoms with E-state index in [2.05, 4.69) is 26.8 Å². The number of rotatable bonds is 11. The summed E-state index contributed by atoms with van der Waals surface area (Å²) in [6.07, 6.45) is -27.6. The smallest absolute Gasteiger partial charge is 0.335 e. The molecule has 0 amide bonds. The van der Waals surface area contributed by atoms with E-state index >= 15 is 0 Å². The van der Waals surface area contributed by atoms with Crippen LogP contribution in [0.3, 0.4) is 0 Å². The molecule has 8 rings (SSSR count). The molecule has 22 nitrogen and oxygen atoms in total. The lowest BCUT2D eigenvalue weighted by atomic mass is 9.33. The first kappa shape index (κ1) is 54.7. The molecule has 15 N–H and O–H groups in total. The zero-order valence-electron chi connectivity index (χ0n) is 40.6. The van der Waals surface area contributed by atoms with Crippen LogP contribution >= 0.6 is 0 Å². The molecule has 27 atom stereocenters. The van der Waals surface area contributed by atoms with Gasteiger partial charge in [-0.2, -0.15) is 0 Å². The molecule has 4 saturated carbocycles. The minimum atomic E-state index is -2.15. The molecule has 0 bridgehead atoms. The Hall–Kier alpha value is -1.59. The molecule has 70 heavy (non-hydrogen) atoms. The second-order valence-electron chi connectivity index (χ2n) is 23.6. The molecule has 0 aromatic carbocycles. The van der Waals surface area contributed by atoms with E-state index in [0.29, 0.717) is 32.1 Å². The molecule has 3 heterocycles. The molecule has 22 heteroatoms. The predicted octanol–water partition coefficient (Wildman–Crippen LogP) is -3.41. The van der Waals surface area contributed by atoms with Crippen molar-refractivity contribution in [2.45, 2.75) is 203 Å². The molecule has 0 aromatic heterocycles. The van der Waals surface area contributed by atoms with Gasteiger partial charge in [-0.05, 0) is 84.4 Å². The molecule has 3 saturated heterocycles. The highest BCUT2D eigenvalue weighted by Crippen LogP contribution is 2.76. The lowest BCUT2D eigenvalue weighted by Gasteiger charge is -2.72. The highest BCUT2D eigenvalue weighted by Gasteiger charge is 2.73. The van der Waals surface area contributed by atoms with E-state index < -0.39 is 187 Å². The third-order valence-electron chi connectivity index (χ3n) is 19.8. The van der Waals surface area contributed by atoms with Crippen LogP contribution in [0.2, 0.25) is 0 Å². The average Bonchev–Trinajstić information content (AvgIpc) is 3.31. The minimum absolute atomic E-state index is 0.0213. The van der Waals surface area contributed by atoms with Crippen molar-refractivity contribution in [2.75, 3.05) is 26.4 Å². The summed E-state index contributed by atoms with van der Waals surface area (Å²) in [5, 5.41) is 164. The van der Waals surface area contributed by atoms with Crippen LogP contribution in [0.5, 0.6) is 0 Å². The average molecular weight is 1010 g/mol. The van der Waals surface area contributed by atoms with E-state index in [1.165, 1.54) is 0 Å². The summed E-state index contributed by atoms with van der Waals surface area (Å²) < 4.78 is 35.7. The molecule has 402 valence electrons. The Morgan fingerprint density at radius 2 is 1.20 bits per heavy atom. The molecule has 0 unspecified atom stereocenters. The van der Waals surface area contributed by atoms with Gasteiger partial charge in [-0.25, -0.2) is 4.79 Å². The first-order chi connectivity index (χ1) is 32.7. The normalized spacial score (nSPS) is 55.6. The van der Waals surface area contributed by atoms with Crippen LogP contribution in [0.25, 0.3) is 0 Å². The molecule has 0 radical (unpaired) electrons. The summed E-state index contributed by atoms with van der Waals surface area (Å²) in [4.78, 5) is 13.0. The fourth-order valence-corrected chi connectivity index (χ4v) is 15.4. The maximum atomic E-state index is 13.0. The molecular formula is C48H78O22. The summed E-state index contributed by atoms with van der Waals surface area (Å²) >= 11 is 0. The fourth-order valence-electron chi connectivity index (χ4n) is 15.4. The Balaban J connectivity index is 1.11. The maximum Gasteiger partial charge on any atom is 0.335 e. The van der Waals surface area contributed by atoms with E-state index in [9.17, 15) is 81.4 Å². The number of hydrogen-bond donors (Lipinski definition) is 15. The van der Waals surface area contributed by atoms with E-state index in [-0.39, 0.29) is 24.7 Å². The molecule has 0 spiro atoms. The van der Waals surface area contributed by atoms with Crippen molar-refractivity contribution in [3.8, 4) is 0 Å². The second-order valence-corrected chi connectivity index (χ2v) is 23.6. The van der Waals surface area contributed by atoms with E-state index in [0.717, 1.165) is 5.57 Å². The standard InChI is InChI=1S/C48H78O22/c1-43(2)13-20-19-7-8-24-44(3)11-10-26(45(4,17-51)23(44)9-12-46(24,5)47(19,6)14-25(53)48(20,18-52)38(62)37(43)61)67-42-35(69-41-32(59)30(57)28(55)22(16-50)66-41)33(60)34(36(70-42)39(63)64)68-40-31(58)29(56)27(54)21(15-49)65-40/h7,20-38,40-42,49-62H,8-18H2,1-6H3,(H,63,64)/t20-,21+,22+,23-,24+,25+,26-,27+,28+,29-,30-,31+,32+,33-,34-,35+,36-,37-,38-,40-,41-,42+,44-,45+,46+,47+,48-/m0/s1. The number of aliphatic carboxylic acids is 1. The number of carboxylic acids is 1. The lowest BCUT2D eigenvalue weighted by Crippen LogP contribution is -2.72. The Morgan fingerprint density at radius 1 is 0.629 bits per heavy atom. The quantitative estimate of drug-likeness (QED) is 0.0708. The number of allylic oxidation sites excluding steroid dienone is 2. The van der Waals surface area contributed by atoms with Gasteiger partial charge in [0, 0.05) is 5.41 Å². The molecule has 7 fully saturated rings. The Bertz CT molecular complexity index is 1920. The monoisotopic (exact) mass is 1010 g/mol. The SMILES string of the molecule is CC1(C)C[C@H]2C3=CC[C@@H]4[C@@]5(C)CC[C@H](O[C@@H]6O[C@H](C(=O)O)[C@@H](O[C@@H]7O[C@H](CO)[C@@H](O)[C@H](O)[C@H]7O)[C@H](O)[C@H]6O[C@@H]6O[C@H](CO)[C@@H](O)[C@H](O)[C@H]6O)[C@](C)(CO)[C@H]5CC[C@@]4(C)[C@]3(C)C[C@@H](O)[C@@]2(CO)[C@@H](O)[C@@H]1O. The van der Waals surface area contributed by atoms with E-state index in [4.69, 9.17) is 28.4 Å². The summed E-state index contributed by atoms with van der Waals surface area (Å²) in [6.45, 7) is 9.60. The van der Waals surface area contributed by atoms with Crippen molar-refractivity contribution in [2.24, 2.45) is 50.2 Å². The minimum Gasteiger partial charge on any atom is -0.479 e. The van der Waals surface area contributed by atoms with Gasteiger partial charge in [-0.15, -0.1) is 0 Å². The van der Waals surface area contributed by atoms with Gasteiger partial charge < -0.3 is 105 Å². The van der Waals surface area contributed by atoms with Gasteiger partial charge in [0.2, 0.25) is 0 Å². The highest BCUT2D eigenvalue weighted by molar-refractivity contribution is 5.73. The zero-order valence-corrected chi connectivity index (χ0v) is 40.6. The number of ether oxygens (including phenoxy) is 6. The van der Waals surface area contributed by atoms with Gasteiger partial charge in [0.1, 0.15) is 67.1 Å². The number of hydrogen-bond acceptors (Lipinski definition) is 21. The molecular weight excluding hydrogens is 929 g/mol. The topological polar surface area (TPSA) is 376 Å². The van der Waals surface area contributed by atoms with Crippen LogP contribution in [0.4, 0.5) is 0 Å². The van der Waals surface area contributed by atoms with Gasteiger partial charge >= 0.3 is 5.97 Å². The summed E-state index contributed by atoms with van der Waals surface area (Å²) in [7, 11) is 0. The maximum absolute atomic E-state index is 13.0. The van der Waals surface area contributed by atoms with Gasteiger partial charge in [0.05, 0.1) is 56.3 Å². The number of carbonyl (C=O) groups is 1. The van der Waals surface area contributed by atoms with Gasteiger partial charge in [-0.1, -0.05) is 53.2 Å². The molecule has 3 aliphatic heterocycles. The Morgan fingerprint density at radius 3 is 1.73 bits per heavy atom. The van der Waals surface area contributed by atoms with Crippen LogP contribution in [-0.4, -0.2) is 226 Å². The zero-order chi connectivity index (χ0) is 51.6.